The fraction of sp³-hybridized carbons (Fsp3) is 0. The minimum absolute atomic E-state index is 0.570. The molecule has 69 heavy (non-hydrogen) atoms. The molecule has 6 nitrogen and oxygen atoms in total. The molecule has 0 aliphatic carbocycles. The van der Waals surface area contributed by atoms with Crippen molar-refractivity contribution in [3.63, 3.8) is 0 Å². The van der Waals surface area contributed by atoms with E-state index in [1.807, 2.05) is 30.3 Å². The lowest BCUT2D eigenvalue weighted by molar-refractivity contribution is 0.669. The summed E-state index contributed by atoms with van der Waals surface area (Å²) >= 11 is 0. The Hall–Kier alpha value is -9.39. The van der Waals surface area contributed by atoms with Gasteiger partial charge in [0.05, 0.1) is 11.0 Å². The van der Waals surface area contributed by atoms with Crippen LogP contribution < -0.4 is 0 Å². The van der Waals surface area contributed by atoms with Gasteiger partial charge in [-0.3, -0.25) is 0 Å². The monoisotopic (exact) mass is 880 g/mol. The molecule has 0 unspecified atom stereocenters. The summed E-state index contributed by atoms with van der Waals surface area (Å²) in [5, 5.41) is 13.7. The minimum Gasteiger partial charge on any atom is -0.456 e. The molecule has 0 saturated carbocycles. The first-order valence-corrected chi connectivity index (χ1v) is 23.3. The Morgan fingerprint density at radius 2 is 0.754 bits per heavy atom. The van der Waals surface area contributed by atoms with Gasteiger partial charge in [0.25, 0.3) is 0 Å². The molecule has 0 spiro atoms. The molecule has 0 aliphatic heterocycles. The molecule has 0 N–H and O–H groups in total. The van der Waals surface area contributed by atoms with E-state index in [9.17, 15) is 0 Å². The minimum atomic E-state index is 0.570. The summed E-state index contributed by atoms with van der Waals surface area (Å²) in [6.07, 6.45) is 0. The first-order valence-electron chi connectivity index (χ1n) is 23.3. The number of aromatic nitrogens is 4. The Bertz CT molecular complexity index is 4580. The summed E-state index contributed by atoms with van der Waals surface area (Å²) in [5.41, 5.74) is 11.5. The maximum atomic E-state index is 6.89. The summed E-state index contributed by atoms with van der Waals surface area (Å²) in [7, 11) is 0. The molecule has 15 rings (SSSR count). The van der Waals surface area contributed by atoms with Crippen LogP contribution in [0.4, 0.5) is 0 Å². The van der Waals surface area contributed by atoms with E-state index in [0.717, 1.165) is 93.8 Å². The van der Waals surface area contributed by atoms with Crippen LogP contribution in [-0.2, 0) is 0 Å². The number of nitrogens with zero attached hydrogens (tertiary/aromatic N) is 4. The lowest BCUT2D eigenvalue weighted by Gasteiger charge is -2.12. The summed E-state index contributed by atoms with van der Waals surface area (Å²) in [4.78, 5) is 15.8. The van der Waals surface area contributed by atoms with Gasteiger partial charge in [0.2, 0.25) is 0 Å². The molecular formula is C63H36N4O2. The Balaban J connectivity index is 0.934. The number of hydrogen-bond donors (Lipinski definition) is 0. The second-order valence-corrected chi connectivity index (χ2v) is 17.9. The van der Waals surface area contributed by atoms with Crippen molar-refractivity contribution in [1.29, 1.82) is 0 Å². The fourth-order valence-corrected chi connectivity index (χ4v) is 10.9. The van der Waals surface area contributed by atoms with E-state index in [1.165, 1.54) is 37.7 Å². The standard InChI is InChI=1S/C63H36N4O2/c1-2-14-40(15-3-1)67-55-26-10-8-20-46(55)48-22-12-23-49(59(48)67)50-24-13-25-51-54-36-39(30-33-58(54)69-60(50)51)63-65-61(64-62(66-63)38-29-32-57-53(35-38)47-21-9-11-27-56(47)68-57)37-28-31-45-43-18-5-4-16-41(43)42-17-6-7-19-44(42)52(45)34-37/h1-36H. The van der Waals surface area contributed by atoms with Crippen molar-refractivity contribution in [1.82, 2.24) is 19.5 Å². The normalized spacial score (nSPS) is 12.1. The lowest BCUT2D eigenvalue weighted by atomic mass is 9.93. The number of furan rings is 2. The van der Waals surface area contributed by atoms with Gasteiger partial charge in [-0.1, -0.05) is 152 Å². The van der Waals surface area contributed by atoms with Crippen LogP contribution in [0.3, 0.4) is 0 Å². The highest BCUT2D eigenvalue weighted by atomic mass is 16.3. The van der Waals surface area contributed by atoms with Crippen molar-refractivity contribution in [3.8, 4) is 51.0 Å². The number of fused-ring (bicyclic) bond motifs is 15. The highest BCUT2D eigenvalue weighted by molar-refractivity contribution is 6.26. The van der Waals surface area contributed by atoms with Gasteiger partial charge in [-0.15, -0.1) is 0 Å². The van der Waals surface area contributed by atoms with E-state index in [0.29, 0.717) is 17.5 Å². The van der Waals surface area contributed by atoms with Crippen LogP contribution in [0, 0.1) is 0 Å². The molecule has 0 fully saturated rings. The average Bonchev–Trinajstić information content (AvgIpc) is 4.10. The van der Waals surface area contributed by atoms with Crippen LogP contribution in [0.1, 0.15) is 0 Å². The van der Waals surface area contributed by atoms with E-state index in [4.69, 9.17) is 23.8 Å². The van der Waals surface area contributed by atoms with Crippen LogP contribution in [-0.4, -0.2) is 19.5 Å². The summed E-state index contributed by atoms with van der Waals surface area (Å²) < 4.78 is 15.5. The maximum Gasteiger partial charge on any atom is 0.164 e. The van der Waals surface area contributed by atoms with Gasteiger partial charge in [-0.2, -0.15) is 0 Å². The SMILES string of the molecule is c1ccc(-n2c3ccccc3c3cccc(-c4cccc5c4oc4ccc(-c6nc(-c7ccc8oc9ccccc9c8c7)nc(-c7ccc8c9ccccc9c9ccccc9c8c7)n6)cc45)c32)cc1. The van der Waals surface area contributed by atoms with E-state index >= 15 is 0 Å². The van der Waals surface area contributed by atoms with Crippen molar-refractivity contribution in [2.75, 3.05) is 0 Å². The third-order valence-corrected chi connectivity index (χ3v) is 14.0. The summed E-state index contributed by atoms with van der Waals surface area (Å²) in [5.74, 6) is 1.74. The molecule has 11 aromatic carbocycles. The van der Waals surface area contributed by atoms with Crippen molar-refractivity contribution >= 4 is 98.0 Å². The maximum absolute atomic E-state index is 6.89. The Kier molecular flexibility index (Phi) is 7.97. The fourth-order valence-electron chi connectivity index (χ4n) is 10.9. The lowest BCUT2D eigenvalue weighted by Crippen LogP contribution is -2.00. The second-order valence-electron chi connectivity index (χ2n) is 17.9. The molecule has 0 saturated heterocycles. The number of hydrogen-bond acceptors (Lipinski definition) is 5. The molecule has 0 atom stereocenters. The van der Waals surface area contributed by atoms with E-state index < -0.39 is 0 Å². The number of rotatable bonds is 5. The van der Waals surface area contributed by atoms with Gasteiger partial charge in [0.15, 0.2) is 17.5 Å². The molecule has 0 amide bonds. The first-order chi connectivity index (χ1) is 34.2. The molecule has 4 heterocycles. The predicted molar refractivity (Wildman–Crippen MR) is 283 cm³/mol. The van der Waals surface area contributed by atoms with Crippen molar-refractivity contribution in [2.24, 2.45) is 0 Å². The summed E-state index contributed by atoms with van der Waals surface area (Å²) in [6, 6.07) is 76.8. The van der Waals surface area contributed by atoms with Crippen LogP contribution in [0.2, 0.25) is 0 Å². The predicted octanol–water partition coefficient (Wildman–Crippen LogP) is 16.9. The van der Waals surface area contributed by atoms with Crippen LogP contribution in [0.25, 0.3) is 149 Å². The van der Waals surface area contributed by atoms with Crippen LogP contribution in [0.5, 0.6) is 0 Å². The zero-order chi connectivity index (χ0) is 45.2. The van der Waals surface area contributed by atoms with Gasteiger partial charge in [-0.05, 0) is 99.0 Å². The molecule has 4 aromatic heterocycles. The molecule has 0 bridgehead atoms. The van der Waals surface area contributed by atoms with Crippen molar-refractivity contribution in [3.05, 3.63) is 218 Å². The van der Waals surface area contributed by atoms with Gasteiger partial charge >= 0.3 is 0 Å². The molecule has 15 aromatic rings. The van der Waals surface area contributed by atoms with Gasteiger partial charge in [0.1, 0.15) is 22.3 Å². The van der Waals surface area contributed by atoms with Gasteiger partial charge < -0.3 is 13.4 Å². The number of para-hydroxylation sites is 5. The van der Waals surface area contributed by atoms with Crippen molar-refractivity contribution < 1.29 is 8.83 Å². The number of benzene rings is 11. The molecule has 320 valence electrons. The second kappa shape index (κ2) is 14.6. The average molecular weight is 881 g/mol. The first kappa shape index (κ1) is 37.8. The van der Waals surface area contributed by atoms with Gasteiger partial charge in [-0.25, -0.2) is 15.0 Å². The van der Waals surface area contributed by atoms with Crippen molar-refractivity contribution in [2.45, 2.75) is 0 Å². The zero-order valence-electron chi connectivity index (χ0n) is 36.9. The van der Waals surface area contributed by atoms with E-state index in [2.05, 4.69) is 193 Å². The van der Waals surface area contributed by atoms with Gasteiger partial charge in [0, 0.05) is 65.8 Å². The molecule has 6 heteroatoms. The largest absolute Gasteiger partial charge is 0.456 e. The molecule has 0 aliphatic rings. The third kappa shape index (κ3) is 5.69. The van der Waals surface area contributed by atoms with Crippen LogP contribution >= 0.6 is 0 Å². The highest BCUT2D eigenvalue weighted by Crippen LogP contribution is 2.44. The Morgan fingerprint density at radius 1 is 0.290 bits per heavy atom. The highest BCUT2D eigenvalue weighted by Gasteiger charge is 2.22. The zero-order valence-corrected chi connectivity index (χ0v) is 36.9. The Morgan fingerprint density at radius 3 is 1.43 bits per heavy atom. The quantitative estimate of drug-likeness (QED) is 0.161. The topological polar surface area (TPSA) is 69.9 Å². The molecular weight excluding hydrogens is 845 g/mol. The Labute approximate surface area is 394 Å². The summed E-state index contributed by atoms with van der Waals surface area (Å²) in [6.45, 7) is 0. The van der Waals surface area contributed by atoms with E-state index in [1.54, 1.807) is 0 Å². The van der Waals surface area contributed by atoms with E-state index in [-0.39, 0.29) is 0 Å². The van der Waals surface area contributed by atoms with Crippen LogP contribution in [0.15, 0.2) is 227 Å². The molecule has 0 radical (unpaired) electrons. The third-order valence-electron chi connectivity index (χ3n) is 14.0. The smallest absolute Gasteiger partial charge is 0.164 e.